The van der Waals surface area contributed by atoms with Crippen LogP contribution in [-0.4, -0.2) is 9.97 Å². The Labute approximate surface area is 185 Å². The smallest absolute Gasteiger partial charge is 0.173 e. The molecule has 0 fully saturated rings. The van der Waals surface area contributed by atoms with Gasteiger partial charge in [0, 0.05) is 39.1 Å². The number of para-hydroxylation sites is 2. The van der Waals surface area contributed by atoms with E-state index in [1.165, 1.54) is 0 Å². The van der Waals surface area contributed by atoms with Gasteiger partial charge in [-0.25, -0.2) is 0 Å². The minimum atomic E-state index is -3.29. The summed E-state index contributed by atoms with van der Waals surface area (Å²) in [4.78, 5) is 9.07. The van der Waals surface area contributed by atoms with Crippen molar-refractivity contribution in [2.24, 2.45) is 0 Å². The van der Waals surface area contributed by atoms with E-state index in [9.17, 15) is 0 Å². The maximum absolute atomic E-state index is 15.6. The van der Waals surface area contributed by atoms with E-state index in [1.54, 1.807) is 12.4 Å². The van der Waals surface area contributed by atoms with Gasteiger partial charge in [0.15, 0.2) is 7.14 Å². The highest BCUT2D eigenvalue weighted by Crippen LogP contribution is 2.47. The molecule has 0 aliphatic heterocycles. The summed E-state index contributed by atoms with van der Waals surface area (Å²) in [6, 6.07) is 33.9. The first kappa shape index (κ1) is 18.9. The van der Waals surface area contributed by atoms with Crippen LogP contribution in [0.1, 0.15) is 0 Å². The summed E-state index contributed by atoms with van der Waals surface area (Å²) in [5, 5.41) is 6.33. The summed E-state index contributed by atoms with van der Waals surface area (Å²) in [7, 11) is -3.29. The molecule has 2 aromatic heterocycles. The van der Waals surface area contributed by atoms with E-state index in [0.29, 0.717) is 0 Å². The first-order valence-electron chi connectivity index (χ1n) is 10.5. The normalized spacial score (nSPS) is 11.9. The molecule has 0 radical (unpaired) electrons. The molecule has 0 saturated heterocycles. The molecule has 6 rings (SSSR count). The van der Waals surface area contributed by atoms with Gasteiger partial charge in [-0.15, -0.1) is 0 Å². The van der Waals surface area contributed by atoms with Crippen molar-refractivity contribution in [3.05, 3.63) is 116 Å². The number of nitrogens with zero attached hydrogens (tertiary/aromatic N) is 2. The zero-order valence-corrected chi connectivity index (χ0v) is 18.1. The number of hydrogen-bond acceptors (Lipinski definition) is 3. The van der Waals surface area contributed by atoms with E-state index >= 15 is 4.57 Å². The van der Waals surface area contributed by atoms with E-state index in [1.807, 2.05) is 84.9 Å². The van der Waals surface area contributed by atoms with Gasteiger partial charge >= 0.3 is 0 Å². The van der Waals surface area contributed by atoms with E-state index in [4.69, 9.17) is 0 Å². The van der Waals surface area contributed by atoms with Gasteiger partial charge < -0.3 is 4.57 Å². The fraction of sp³-hybridized carbons (Fsp3) is 0. The molecule has 0 amide bonds. The van der Waals surface area contributed by atoms with Gasteiger partial charge in [-0.3, -0.25) is 9.97 Å². The van der Waals surface area contributed by atoms with Crippen LogP contribution in [0.15, 0.2) is 116 Å². The summed E-state index contributed by atoms with van der Waals surface area (Å²) in [5.74, 6) is 0. The SMILES string of the molecule is O=P(c1cccc2ccccc12)(c1ccnc2ccccc12)c1ccnc2ccccc12. The molecule has 0 unspecified atom stereocenters. The predicted octanol–water partition coefficient (Wildman–Crippen LogP) is 5.58. The third-order valence-electron chi connectivity index (χ3n) is 6.04. The minimum Gasteiger partial charge on any atom is -0.309 e. The lowest BCUT2D eigenvalue weighted by atomic mass is 10.1. The summed E-state index contributed by atoms with van der Waals surface area (Å²) in [6.45, 7) is 0. The number of aromatic nitrogens is 2. The Morgan fingerprint density at radius 1 is 0.469 bits per heavy atom. The Hall–Kier alpha value is -3.81. The van der Waals surface area contributed by atoms with Crippen LogP contribution in [0, 0.1) is 0 Å². The van der Waals surface area contributed by atoms with Gasteiger partial charge in [-0.05, 0) is 35.0 Å². The van der Waals surface area contributed by atoms with E-state index in [-0.39, 0.29) is 0 Å². The summed E-state index contributed by atoms with van der Waals surface area (Å²) in [6.07, 6.45) is 3.53. The third kappa shape index (κ3) is 2.79. The molecule has 0 spiro atoms. The molecule has 32 heavy (non-hydrogen) atoms. The molecule has 0 aliphatic carbocycles. The molecule has 0 aliphatic rings. The Kier molecular flexibility index (Phi) is 4.38. The molecule has 4 aromatic carbocycles. The molecule has 0 saturated carbocycles. The second-order valence-corrected chi connectivity index (χ2v) is 10.5. The van der Waals surface area contributed by atoms with Gasteiger partial charge in [0.25, 0.3) is 0 Å². The third-order valence-corrected chi connectivity index (χ3v) is 9.24. The molecule has 3 nitrogen and oxygen atoms in total. The van der Waals surface area contributed by atoms with E-state index in [2.05, 4.69) is 28.2 Å². The lowest BCUT2D eigenvalue weighted by Crippen LogP contribution is -2.27. The quantitative estimate of drug-likeness (QED) is 0.345. The highest BCUT2D eigenvalue weighted by atomic mass is 31.2. The lowest BCUT2D eigenvalue weighted by Gasteiger charge is -2.24. The summed E-state index contributed by atoms with van der Waals surface area (Å²) < 4.78 is 15.6. The number of hydrogen-bond donors (Lipinski definition) is 0. The maximum Gasteiger partial charge on any atom is 0.173 e. The first-order valence-corrected chi connectivity index (χ1v) is 12.2. The molecular formula is C28H19N2OP. The van der Waals surface area contributed by atoms with Gasteiger partial charge in [-0.1, -0.05) is 78.9 Å². The fourth-order valence-corrected chi connectivity index (χ4v) is 7.81. The lowest BCUT2D eigenvalue weighted by molar-refractivity contribution is 0.593. The maximum atomic E-state index is 15.6. The zero-order chi connectivity index (χ0) is 21.5. The van der Waals surface area contributed by atoms with Gasteiger partial charge in [0.2, 0.25) is 0 Å². The second-order valence-electron chi connectivity index (χ2n) is 7.80. The largest absolute Gasteiger partial charge is 0.309 e. The average molecular weight is 430 g/mol. The average Bonchev–Trinajstić information content (AvgIpc) is 2.87. The van der Waals surface area contributed by atoms with Crippen molar-refractivity contribution in [2.45, 2.75) is 0 Å². The molecule has 0 N–H and O–H groups in total. The molecule has 2 heterocycles. The van der Waals surface area contributed by atoms with Crippen LogP contribution in [0.3, 0.4) is 0 Å². The van der Waals surface area contributed by atoms with Crippen LogP contribution < -0.4 is 15.9 Å². The standard InChI is InChI=1S/C28H19N2OP/c31-32(26-15-7-9-20-8-1-2-10-21(20)26,27-16-18-29-24-13-5-3-11-22(24)27)28-17-19-30-25-14-6-4-12-23(25)28/h1-19H. The topological polar surface area (TPSA) is 42.9 Å². The van der Waals surface area contributed by atoms with Crippen LogP contribution >= 0.6 is 7.14 Å². The van der Waals surface area contributed by atoms with Gasteiger partial charge in [0.1, 0.15) is 0 Å². The van der Waals surface area contributed by atoms with Crippen molar-refractivity contribution in [3.8, 4) is 0 Å². The minimum absolute atomic E-state index is 0.802. The summed E-state index contributed by atoms with van der Waals surface area (Å²) in [5.41, 5.74) is 1.67. The highest BCUT2D eigenvalue weighted by Gasteiger charge is 2.34. The number of benzene rings is 4. The highest BCUT2D eigenvalue weighted by molar-refractivity contribution is 7.86. The van der Waals surface area contributed by atoms with Crippen molar-refractivity contribution in [3.63, 3.8) is 0 Å². The summed E-state index contributed by atoms with van der Waals surface area (Å²) >= 11 is 0. The van der Waals surface area contributed by atoms with Crippen LogP contribution in [0.2, 0.25) is 0 Å². The van der Waals surface area contributed by atoms with Crippen LogP contribution in [0.5, 0.6) is 0 Å². The van der Waals surface area contributed by atoms with Crippen molar-refractivity contribution in [2.75, 3.05) is 0 Å². The molecular weight excluding hydrogens is 411 g/mol. The van der Waals surface area contributed by atoms with E-state index in [0.717, 1.165) is 48.5 Å². The van der Waals surface area contributed by atoms with Crippen LogP contribution in [-0.2, 0) is 4.57 Å². The Bertz CT molecular complexity index is 1460. The molecule has 4 heteroatoms. The number of pyridine rings is 2. The van der Waals surface area contributed by atoms with Gasteiger partial charge in [-0.2, -0.15) is 0 Å². The van der Waals surface area contributed by atoms with Crippen molar-refractivity contribution >= 4 is 55.6 Å². The van der Waals surface area contributed by atoms with Crippen molar-refractivity contribution < 1.29 is 4.57 Å². The fourth-order valence-electron chi connectivity index (χ4n) is 4.58. The van der Waals surface area contributed by atoms with Crippen molar-refractivity contribution in [1.82, 2.24) is 9.97 Å². The van der Waals surface area contributed by atoms with E-state index < -0.39 is 7.14 Å². The second kappa shape index (κ2) is 7.40. The molecule has 0 bridgehead atoms. The zero-order valence-electron chi connectivity index (χ0n) is 17.2. The molecule has 0 atom stereocenters. The van der Waals surface area contributed by atoms with Gasteiger partial charge in [0.05, 0.1) is 11.0 Å². The monoisotopic (exact) mass is 430 g/mol. The Balaban J connectivity index is 1.82. The Morgan fingerprint density at radius 3 is 1.56 bits per heavy atom. The number of fused-ring (bicyclic) bond motifs is 3. The Morgan fingerprint density at radius 2 is 0.938 bits per heavy atom. The van der Waals surface area contributed by atoms with Crippen molar-refractivity contribution in [1.29, 1.82) is 0 Å². The predicted molar refractivity (Wildman–Crippen MR) is 134 cm³/mol. The molecule has 6 aromatic rings. The van der Waals surface area contributed by atoms with Crippen LogP contribution in [0.25, 0.3) is 32.6 Å². The first-order chi connectivity index (χ1) is 15.8. The molecule has 152 valence electrons. The number of rotatable bonds is 3. The van der Waals surface area contributed by atoms with Crippen LogP contribution in [0.4, 0.5) is 0 Å².